The lowest BCUT2D eigenvalue weighted by atomic mass is 10.3. The number of sulfonamides is 1. The summed E-state index contributed by atoms with van der Waals surface area (Å²) in [6.45, 7) is 0. The predicted octanol–water partition coefficient (Wildman–Crippen LogP) is 6.81. The van der Waals surface area contributed by atoms with Crippen molar-refractivity contribution >= 4 is 67.8 Å². The van der Waals surface area contributed by atoms with E-state index in [1.807, 2.05) is 0 Å². The van der Waals surface area contributed by atoms with Crippen LogP contribution in [0, 0.1) is 10.1 Å². The highest BCUT2D eigenvalue weighted by molar-refractivity contribution is 7.92. The monoisotopic (exact) mass is 536 g/mol. The molecule has 0 radical (unpaired) electrons. The number of methoxy groups -OCH3 is 1. The normalized spacial score (nSPS) is 11.2. The molecule has 0 heterocycles. The summed E-state index contributed by atoms with van der Waals surface area (Å²) in [5, 5.41) is 10.8. The first kappa shape index (κ1) is 24.2. The lowest BCUT2D eigenvalue weighted by Gasteiger charge is -2.15. The molecule has 8 nitrogen and oxygen atoms in total. The van der Waals surface area contributed by atoms with Crippen molar-refractivity contribution in [2.75, 3.05) is 11.8 Å². The quantitative estimate of drug-likeness (QED) is 0.262. The Hall–Kier alpha value is -2.43. The fraction of sp³-hybridized carbons (Fsp3) is 0.0526. The molecule has 32 heavy (non-hydrogen) atoms. The molecule has 0 aromatic heterocycles. The molecule has 0 unspecified atom stereocenters. The van der Waals surface area contributed by atoms with Gasteiger partial charge in [-0.1, -0.05) is 46.4 Å². The SMILES string of the molecule is COc1ccc(Cl)cc1NS(=O)(=O)c1cc(Cl)c(Oc2ccc([N+](=O)[O-])cc2Cl)c(Cl)c1. The average Bonchev–Trinajstić information content (AvgIpc) is 2.71. The highest BCUT2D eigenvalue weighted by Crippen LogP contribution is 2.41. The Morgan fingerprint density at radius 3 is 2.09 bits per heavy atom. The lowest BCUT2D eigenvalue weighted by molar-refractivity contribution is -0.384. The fourth-order valence-corrected chi connectivity index (χ4v) is 4.74. The van der Waals surface area contributed by atoms with Gasteiger partial charge in [-0.05, 0) is 36.4 Å². The predicted molar refractivity (Wildman–Crippen MR) is 123 cm³/mol. The number of nitrogens with zero attached hydrogens (tertiary/aromatic N) is 1. The third kappa shape index (κ3) is 5.31. The number of hydrogen-bond acceptors (Lipinski definition) is 6. The molecule has 3 aromatic rings. The summed E-state index contributed by atoms with van der Waals surface area (Å²) in [4.78, 5) is 9.97. The Balaban J connectivity index is 1.93. The Morgan fingerprint density at radius 1 is 0.906 bits per heavy atom. The molecule has 0 aliphatic heterocycles. The number of benzene rings is 3. The average molecular weight is 538 g/mol. The van der Waals surface area contributed by atoms with Crippen LogP contribution in [0.5, 0.6) is 17.2 Å². The van der Waals surface area contributed by atoms with Gasteiger partial charge < -0.3 is 9.47 Å². The smallest absolute Gasteiger partial charge is 0.271 e. The van der Waals surface area contributed by atoms with E-state index in [1.54, 1.807) is 6.07 Å². The Bertz CT molecular complexity index is 1290. The summed E-state index contributed by atoms with van der Waals surface area (Å²) in [7, 11) is -2.76. The summed E-state index contributed by atoms with van der Waals surface area (Å²) in [5.41, 5.74) is -0.117. The molecule has 3 aromatic carbocycles. The van der Waals surface area contributed by atoms with Gasteiger partial charge >= 0.3 is 0 Å². The molecule has 0 amide bonds. The standard InChI is InChI=1S/C19H12Cl4N2O6S/c1-30-18-4-2-10(20)6-16(18)24-32(28,29)12-8-14(22)19(15(23)9-12)31-17-5-3-11(25(26)27)7-13(17)21/h2-9,24H,1H3. The molecule has 0 fully saturated rings. The van der Waals surface area contributed by atoms with Crippen LogP contribution < -0.4 is 14.2 Å². The zero-order valence-corrected chi connectivity index (χ0v) is 19.8. The fourth-order valence-electron chi connectivity index (χ4n) is 2.55. The molecule has 0 aliphatic rings. The zero-order chi connectivity index (χ0) is 23.6. The Labute approximate surface area is 202 Å². The third-order valence-corrected chi connectivity index (χ3v) is 6.46. The van der Waals surface area contributed by atoms with Gasteiger partial charge in [0.25, 0.3) is 15.7 Å². The van der Waals surface area contributed by atoms with Crippen molar-refractivity contribution in [2.45, 2.75) is 4.90 Å². The summed E-state index contributed by atoms with van der Waals surface area (Å²) in [5.74, 6) is 0.213. The third-order valence-electron chi connectivity index (χ3n) is 4.03. The Kier molecular flexibility index (Phi) is 7.26. The van der Waals surface area contributed by atoms with Crippen molar-refractivity contribution in [3.05, 3.63) is 78.7 Å². The number of nitro benzene ring substituents is 1. The van der Waals surface area contributed by atoms with Crippen LogP contribution in [-0.2, 0) is 10.0 Å². The number of halogens is 4. The molecule has 0 saturated carbocycles. The van der Waals surface area contributed by atoms with E-state index in [1.165, 1.54) is 31.4 Å². The van der Waals surface area contributed by atoms with Crippen molar-refractivity contribution in [3.63, 3.8) is 0 Å². The van der Waals surface area contributed by atoms with Gasteiger partial charge in [0.15, 0.2) is 5.75 Å². The van der Waals surface area contributed by atoms with E-state index >= 15 is 0 Å². The molecule has 0 spiro atoms. The number of rotatable bonds is 7. The van der Waals surface area contributed by atoms with Crippen molar-refractivity contribution in [3.8, 4) is 17.2 Å². The van der Waals surface area contributed by atoms with Gasteiger partial charge in [0.1, 0.15) is 11.5 Å². The first-order valence-corrected chi connectivity index (χ1v) is 11.5. The van der Waals surface area contributed by atoms with Gasteiger partial charge in [0.2, 0.25) is 0 Å². The first-order valence-electron chi connectivity index (χ1n) is 8.49. The molecular weight excluding hydrogens is 526 g/mol. The zero-order valence-electron chi connectivity index (χ0n) is 15.9. The maximum Gasteiger partial charge on any atom is 0.271 e. The number of nitro groups is 1. The highest BCUT2D eigenvalue weighted by Gasteiger charge is 2.22. The molecule has 0 bridgehead atoms. The van der Waals surface area contributed by atoms with Gasteiger partial charge in [0.05, 0.1) is 37.7 Å². The van der Waals surface area contributed by atoms with E-state index in [2.05, 4.69) is 4.72 Å². The number of hydrogen-bond donors (Lipinski definition) is 1. The van der Waals surface area contributed by atoms with Gasteiger partial charge in [0, 0.05) is 17.2 Å². The molecule has 3 rings (SSSR count). The molecule has 13 heteroatoms. The van der Waals surface area contributed by atoms with Crippen LogP contribution in [0.2, 0.25) is 20.1 Å². The van der Waals surface area contributed by atoms with Crippen LogP contribution in [-0.4, -0.2) is 20.5 Å². The summed E-state index contributed by atoms with van der Waals surface area (Å²) in [6.07, 6.45) is 0. The van der Waals surface area contributed by atoms with E-state index in [4.69, 9.17) is 55.9 Å². The molecule has 0 saturated heterocycles. The minimum Gasteiger partial charge on any atom is -0.495 e. The molecular formula is C19H12Cl4N2O6S. The van der Waals surface area contributed by atoms with Crippen LogP contribution in [0.4, 0.5) is 11.4 Å². The lowest BCUT2D eigenvalue weighted by Crippen LogP contribution is -2.14. The largest absolute Gasteiger partial charge is 0.495 e. The van der Waals surface area contributed by atoms with Crippen LogP contribution in [0.25, 0.3) is 0 Å². The second-order valence-corrected chi connectivity index (χ2v) is 9.48. The molecule has 168 valence electrons. The van der Waals surface area contributed by atoms with E-state index in [-0.39, 0.29) is 48.6 Å². The van der Waals surface area contributed by atoms with Gasteiger partial charge in [-0.25, -0.2) is 8.42 Å². The number of nitrogens with one attached hydrogen (secondary N) is 1. The maximum absolute atomic E-state index is 12.9. The van der Waals surface area contributed by atoms with E-state index in [0.717, 1.165) is 18.2 Å². The highest BCUT2D eigenvalue weighted by atomic mass is 35.5. The summed E-state index contributed by atoms with van der Waals surface area (Å²) in [6, 6.07) is 10.2. The first-order chi connectivity index (χ1) is 15.0. The van der Waals surface area contributed by atoms with E-state index < -0.39 is 14.9 Å². The van der Waals surface area contributed by atoms with Gasteiger partial charge in [-0.2, -0.15) is 0 Å². The van der Waals surface area contributed by atoms with Crippen molar-refractivity contribution in [2.24, 2.45) is 0 Å². The van der Waals surface area contributed by atoms with E-state index in [0.29, 0.717) is 5.02 Å². The Morgan fingerprint density at radius 2 is 1.53 bits per heavy atom. The van der Waals surface area contributed by atoms with Crippen LogP contribution in [0.3, 0.4) is 0 Å². The molecule has 0 aliphatic carbocycles. The van der Waals surface area contributed by atoms with Crippen molar-refractivity contribution in [1.29, 1.82) is 0 Å². The van der Waals surface area contributed by atoms with Gasteiger partial charge in [-0.3, -0.25) is 14.8 Å². The second-order valence-electron chi connectivity index (χ2n) is 6.14. The summed E-state index contributed by atoms with van der Waals surface area (Å²) >= 11 is 24.4. The number of non-ortho nitro benzene ring substituents is 1. The van der Waals surface area contributed by atoms with Crippen LogP contribution in [0.1, 0.15) is 0 Å². The minimum absolute atomic E-state index is 0.0402. The molecule has 0 atom stereocenters. The summed E-state index contributed by atoms with van der Waals surface area (Å²) < 4.78 is 38.8. The van der Waals surface area contributed by atoms with Crippen molar-refractivity contribution < 1.29 is 22.8 Å². The van der Waals surface area contributed by atoms with Crippen molar-refractivity contribution in [1.82, 2.24) is 0 Å². The van der Waals surface area contributed by atoms with Crippen LogP contribution >= 0.6 is 46.4 Å². The molecule has 1 N–H and O–H groups in total. The van der Waals surface area contributed by atoms with Crippen LogP contribution in [0.15, 0.2) is 53.4 Å². The van der Waals surface area contributed by atoms with E-state index in [9.17, 15) is 18.5 Å². The second kappa shape index (κ2) is 9.60. The number of ether oxygens (including phenoxy) is 2. The maximum atomic E-state index is 12.9. The minimum atomic E-state index is -4.13. The number of anilines is 1. The topological polar surface area (TPSA) is 108 Å². The van der Waals surface area contributed by atoms with Gasteiger partial charge in [-0.15, -0.1) is 0 Å².